The number of nitrogens with zero attached hydrogens (tertiary/aromatic N) is 3. The molecule has 0 radical (unpaired) electrons. The Kier molecular flexibility index (Phi) is 8.76. The van der Waals surface area contributed by atoms with Crippen LogP contribution in [0.1, 0.15) is 12.5 Å². The van der Waals surface area contributed by atoms with Crippen molar-refractivity contribution in [3.63, 3.8) is 0 Å². The van der Waals surface area contributed by atoms with E-state index >= 15 is 0 Å². The highest BCUT2D eigenvalue weighted by Crippen LogP contribution is 2.16. The normalized spacial score (nSPS) is 10.9. The molecule has 142 valence electrons. The van der Waals surface area contributed by atoms with Crippen LogP contribution in [0.2, 0.25) is 0 Å². The first-order valence-corrected chi connectivity index (χ1v) is 8.74. The second kappa shape index (κ2) is 11.3. The van der Waals surface area contributed by atoms with Gasteiger partial charge in [-0.3, -0.25) is 9.97 Å². The number of pyridine rings is 2. The lowest BCUT2D eigenvalue weighted by Gasteiger charge is -2.12. The second-order valence-electron chi connectivity index (χ2n) is 5.65. The number of para-hydroxylation sites is 1. The summed E-state index contributed by atoms with van der Waals surface area (Å²) in [7, 11) is 0. The van der Waals surface area contributed by atoms with Gasteiger partial charge in [0, 0.05) is 24.3 Å². The third-order valence-electron chi connectivity index (χ3n) is 3.79. The van der Waals surface area contributed by atoms with Gasteiger partial charge in [0.2, 0.25) is 0 Å². The average molecular weight is 477 g/mol. The van der Waals surface area contributed by atoms with Crippen LogP contribution in [-0.4, -0.2) is 35.6 Å². The lowest BCUT2D eigenvalue weighted by molar-refractivity contribution is 0.320. The Labute approximate surface area is 176 Å². The summed E-state index contributed by atoms with van der Waals surface area (Å²) >= 11 is 0. The zero-order valence-electron chi connectivity index (χ0n) is 15.3. The largest absolute Gasteiger partial charge is 0.490 e. The van der Waals surface area contributed by atoms with E-state index < -0.39 is 0 Å². The van der Waals surface area contributed by atoms with Gasteiger partial charge in [0.15, 0.2) is 5.96 Å². The van der Waals surface area contributed by atoms with Crippen molar-refractivity contribution >= 4 is 40.8 Å². The van der Waals surface area contributed by atoms with Crippen LogP contribution in [-0.2, 0) is 6.54 Å². The molecule has 7 heteroatoms. The van der Waals surface area contributed by atoms with E-state index in [1.165, 1.54) is 0 Å². The van der Waals surface area contributed by atoms with Gasteiger partial charge < -0.3 is 15.4 Å². The molecule has 3 rings (SSSR count). The molecule has 0 aliphatic rings. The number of nitrogens with one attached hydrogen (secondary N) is 2. The van der Waals surface area contributed by atoms with Gasteiger partial charge in [-0.25, -0.2) is 4.99 Å². The third-order valence-corrected chi connectivity index (χ3v) is 3.79. The summed E-state index contributed by atoms with van der Waals surface area (Å²) < 4.78 is 5.64. The first-order valence-electron chi connectivity index (χ1n) is 8.74. The van der Waals surface area contributed by atoms with Gasteiger partial charge in [0.1, 0.15) is 12.4 Å². The minimum Gasteiger partial charge on any atom is -0.490 e. The van der Waals surface area contributed by atoms with Crippen molar-refractivity contribution in [3.05, 3.63) is 66.6 Å². The Morgan fingerprint density at radius 1 is 1.07 bits per heavy atom. The summed E-state index contributed by atoms with van der Waals surface area (Å²) in [6.45, 7) is 4.62. The van der Waals surface area contributed by atoms with E-state index in [2.05, 4.69) is 31.7 Å². The monoisotopic (exact) mass is 477 g/mol. The minimum atomic E-state index is 0. The van der Waals surface area contributed by atoms with E-state index in [-0.39, 0.29) is 24.0 Å². The van der Waals surface area contributed by atoms with Crippen molar-refractivity contribution in [1.29, 1.82) is 0 Å². The smallest absolute Gasteiger partial charge is 0.191 e. The molecule has 0 aliphatic carbocycles. The second-order valence-corrected chi connectivity index (χ2v) is 5.65. The quantitative estimate of drug-likeness (QED) is 0.236. The molecule has 0 atom stereocenters. The first-order chi connectivity index (χ1) is 12.9. The number of ether oxygens (including phenoxy) is 1. The summed E-state index contributed by atoms with van der Waals surface area (Å²) in [5, 5.41) is 7.68. The van der Waals surface area contributed by atoms with Crippen LogP contribution in [0.4, 0.5) is 0 Å². The number of benzene rings is 1. The van der Waals surface area contributed by atoms with Crippen LogP contribution < -0.4 is 15.4 Å². The number of guanidine groups is 1. The Morgan fingerprint density at radius 3 is 2.78 bits per heavy atom. The van der Waals surface area contributed by atoms with Crippen molar-refractivity contribution in [2.45, 2.75) is 13.5 Å². The highest BCUT2D eigenvalue weighted by atomic mass is 127. The van der Waals surface area contributed by atoms with Gasteiger partial charge in [-0.15, -0.1) is 24.0 Å². The van der Waals surface area contributed by atoms with Gasteiger partial charge in [-0.2, -0.15) is 0 Å². The van der Waals surface area contributed by atoms with Crippen LogP contribution in [0, 0.1) is 0 Å². The molecule has 0 amide bonds. The summed E-state index contributed by atoms with van der Waals surface area (Å²) in [5.41, 5.74) is 2.14. The molecular formula is C20H24IN5O. The molecule has 1 aromatic carbocycles. The van der Waals surface area contributed by atoms with Crippen LogP contribution in [0.25, 0.3) is 10.9 Å². The van der Waals surface area contributed by atoms with Crippen LogP contribution >= 0.6 is 24.0 Å². The molecule has 0 saturated carbocycles. The zero-order chi connectivity index (χ0) is 18.0. The fourth-order valence-electron chi connectivity index (χ4n) is 2.57. The Morgan fingerprint density at radius 2 is 1.96 bits per heavy atom. The van der Waals surface area contributed by atoms with Crippen LogP contribution in [0.5, 0.6) is 5.75 Å². The topological polar surface area (TPSA) is 71.4 Å². The van der Waals surface area contributed by atoms with E-state index in [4.69, 9.17) is 4.74 Å². The molecule has 0 unspecified atom stereocenters. The van der Waals surface area contributed by atoms with Gasteiger partial charge >= 0.3 is 0 Å². The summed E-state index contributed by atoms with van der Waals surface area (Å²) in [6, 6.07) is 13.9. The number of hydrogen-bond acceptors (Lipinski definition) is 4. The van der Waals surface area contributed by atoms with Crippen LogP contribution in [0.3, 0.4) is 0 Å². The molecule has 0 fully saturated rings. The van der Waals surface area contributed by atoms with Crippen molar-refractivity contribution < 1.29 is 4.74 Å². The zero-order valence-corrected chi connectivity index (χ0v) is 17.6. The molecular weight excluding hydrogens is 453 g/mol. The lowest BCUT2D eigenvalue weighted by atomic mass is 10.1. The molecule has 6 nitrogen and oxygen atoms in total. The summed E-state index contributed by atoms with van der Waals surface area (Å²) in [5.74, 6) is 1.53. The molecule has 3 aromatic rings. The number of fused-ring (bicyclic) bond motifs is 1. The van der Waals surface area contributed by atoms with Crippen molar-refractivity contribution in [3.8, 4) is 5.75 Å². The number of aromatic nitrogens is 2. The highest BCUT2D eigenvalue weighted by Gasteiger charge is 2.02. The van der Waals surface area contributed by atoms with Gasteiger partial charge in [-0.05, 0) is 36.8 Å². The predicted molar refractivity (Wildman–Crippen MR) is 120 cm³/mol. The van der Waals surface area contributed by atoms with E-state index in [1.807, 2.05) is 49.5 Å². The van der Waals surface area contributed by atoms with Crippen LogP contribution in [0.15, 0.2) is 66.0 Å². The summed E-state index contributed by atoms with van der Waals surface area (Å²) in [6.07, 6.45) is 5.26. The van der Waals surface area contributed by atoms with E-state index in [9.17, 15) is 0 Å². The Hall–Kier alpha value is -2.42. The number of rotatable bonds is 7. The molecule has 0 aliphatic heterocycles. The molecule has 2 heterocycles. The maximum Gasteiger partial charge on any atom is 0.191 e. The third kappa shape index (κ3) is 6.35. The van der Waals surface area contributed by atoms with Gasteiger partial charge in [0.05, 0.1) is 24.8 Å². The van der Waals surface area contributed by atoms with E-state index in [0.29, 0.717) is 19.7 Å². The molecule has 2 N–H and O–H groups in total. The average Bonchev–Trinajstić information content (AvgIpc) is 2.70. The molecule has 0 saturated heterocycles. The predicted octanol–water partition coefficient (Wildman–Crippen LogP) is 3.38. The standard InChI is InChI=1S/C20H23N5O.HI/c1-2-22-20(24-12-13-26-17-6-5-10-21-15-17)25-14-16-9-11-23-19-8-4-3-7-18(16)19;/h3-11,15H,2,12-14H2,1H3,(H2,22,24,25);1H. The molecule has 27 heavy (non-hydrogen) atoms. The molecule has 0 bridgehead atoms. The summed E-state index contributed by atoms with van der Waals surface area (Å²) in [4.78, 5) is 13.1. The van der Waals surface area contributed by atoms with Crippen molar-refractivity contribution in [2.75, 3.05) is 19.7 Å². The number of halogens is 1. The van der Waals surface area contributed by atoms with Gasteiger partial charge in [0.25, 0.3) is 0 Å². The molecule has 2 aromatic heterocycles. The number of hydrogen-bond donors (Lipinski definition) is 2. The number of aliphatic imine (C=N–C) groups is 1. The highest BCUT2D eigenvalue weighted by molar-refractivity contribution is 14.0. The minimum absolute atomic E-state index is 0. The SMILES string of the molecule is CCNC(=NCc1ccnc2ccccc12)NCCOc1cccnc1.I. The van der Waals surface area contributed by atoms with E-state index in [1.54, 1.807) is 12.4 Å². The molecule has 0 spiro atoms. The van der Waals surface area contributed by atoms with Gasteiger partial charge in [-0.1, -0.05) is 18.2 Å². The Balaban J connectivity index is 0.00000261. The van der Waals surface area contributed by atoms with E-state index in [0.717, 1.165) is 34.7 Å². The Bertz CT molecular complexity index is 852. The van der Waals surface area contributed by atoms with Crippen molar-refractivity contribution in [1.82, 2.24) is 20.6 Å². The fraction of sp³-hybridized carbons (Fsp3) is 0.250. The maximum absolute atomic E-state index is 5.64. The fourth-order valence-corrected chi connectivity index (χ4v) is 2.57. The first kappa shape index (κ1) is 20.9. The van der Waals surface area contributed by atoms with Crippen molar-refractivity contribution in [2.24, 2.45) is 4.99 Å². The maximum atomic E-state index is 5.64. The lowest BCUT2D eigenvalue weighted by Crippen LogP contribution is -2.39.